The summed E-state index contributed by atoms with van der Waals surface area (Å²) in [4.78, 5) is 0. The summed E-state index contributed by atoms with van der Waals surface area (Å²) in [6.45, 7) is 11.8. The van der Waals surface area contributed by atoms with Crippen LogP contribution in [0.1, 0.15) is 72.1 Å². The number of hydrogen-bond donors (Lipinski definition) is 1. The molecule has 0 saturated carbocycles. The molecule has 3 unspecified atom stereocenters. The van der Waals surface area contributed by atoms with Crippen LogP contribution in [0.25, 0.3) is 0 Å². The second kappa shape index (κ2) is 11.8. The molecule has 1 rings (SSSR count). The van der Waals surface area contributed by atoms with Crippen LogP contribution in [0.5, 0.6) is 0 Å². The molecule has 1 heterocycles. The Kier molecular flexibility index (Phi) is 10.5. The zero-order valence-electron chi connectivity index (χ0n) is 15.4. The fourth-order valence-electron chi connectivity index (χ4n) is 2.71. The molecule has 0 spiro atoms. The van der Waals surface area contributed by atoms with E-state index in [1.54, 1.807) is 0 Å². The van der Waals surface area contributed by atoms with E-state index in [1.807, 2.05) is 6.92 Å². The topological polar surface area (TPSA) is 38.7 Å². The van der Waals surface area contributed by atoms with Gasteiger partial charge in [-0.3, -0.25) is 0 Å². The molecule has 3 heteroatoms. The molecule has 0 aliphatic carbocycles. The number of ether oxygens (including phenoxy) is 2. The van der Waals surface area contributed by atoms with Crippen LogP contribution >= 0.6 is 0 Å². The van der Waals surface area contributed by atoms with Gasteiger partial charge < -0.3 is 14.6 Å². The molecule has 1 aliphatic heterocycles. The molecule has 0 aromatic carbocycles. The third-order valence-corrected chi connectivity index (χ3v) is 4.59. The summed E-state index contributed by atoms with van der Waals surface area (Å²) in [7, 11) is 0. The van der Waals surface area contributed by atoms with E-state index < -0.39 is 0 Å². The maximum Gasteiger partial charge on any atom is 0.157 e. The molecule has 1 fully saturated rings. The van der Waals surface area contributed by atoms with Crippen molar-refractivity contribution in [2.24, 2.45) is 5.92 Å². The first-order chi connectivity index (χ1) is 11.0. The highest BCUT2D eigenvalue weighted by Crippen LogP contribution is 2.18. The lowest BCUT2D eigenvalue weighted by atomic mass is 9.99. The second-order valence-corrected chi connectivity index (χ2v) is 7.09. The molecule has 3 atom stereocenters. The van der Waals surface area contributed by atoms with Gasteiger partial charge in [-0.15, -0.1) is 0 Å². The Morgan fingerprint density at radius 2 is 2.09 bits per heavy atom. The molecule has 1 aliphatic rings. The van der Waals surface area contributed by atoms with Crippen LogP contribution in [0.4, 0.5) is 0 Å². The molecule has 0 amide bonds. The average Bonchev–Trinajstić information content (AvgIpc) is 2.53. The highest BCUT2D eigenvalue weighted by Gasteiger charge is 2.14. The van der Waals surface area contributed by atoms with Crippen molar-refractivity contribution in [1.82, 2.24) is 0 Å². The number of aliphatic hydroxyl groups excluding tert-OH is 1. The van der Waals surface area contributed by atoms with Gasteiger partial charge >= 0.3 is 0 Å². The Morgan fingerprint density at radius 3 is 2.74 bits per heavy atom. The number of hydrogen-bond acceptors (Lipinski definition) is 3. The maximum atomic E-state index is 9.74. The van der Waals surface area contributed by atoms with Gasteiger partial charge in [0.05, 0.1) is 6.10 Å². The quantitative estimate of drug-likeness (QED) is 0.544. The molecule has 0 bridgehead atoms. The summed E-state index contributed by atoms with van der Waals surface area (Å²) in [5, 5.41) is 9.74. The largest absolute Gasteiger partial charge is 0.389 e. The van der Waals surface area contributed by atoms with Crippen LogP contribution in [0.3, 0.4) is 0 Å². The molecule has 1 saturated heterocycles. The lowest BCUT2D eigenvalue weighted by Gasteiger charge is -2.23. The van der Waals surface area contributed by atoms with Gasteiger partial charge in [0.2, 0.25) is 0 Å². The highest BCUT2D eigenvalue weighted by molar-refractivity contribution is 5.02. The Bertz CT molecular complexity index is 356. The number of rotatable bonds is 11. The monoisotopic (exact) mass is 324 g/mol. The standard InChI is InChI=1S/C20H36O3/c1-16(2)19(21)12-11-17(3)8-7-9-18(4)13-15-23-20-10-5-6-14-22-20/h8,18-21H,1,5-7,9-15H2,2-4H3. The minimum absolute atomic E-state index is 0.0397. The van der Waals surface area contributed by atoms with Gasteiger partial charge in [0.1, 0.15) is 0 Å². The van der Waals surface area contributed by atoms with Crippen molar-refractivity contribution in [1.29, 1.82) is 0 Å². The van der Waals surface area contributed by atoms with E-state index in [2.05, 4.69) is 26.5 Å². The Labute approximate surface area is 142 Å². The molecule has 0 aromatic heterocycles. The van der Waals surface area contributed by atoms with Crippen molar-refractivity contribution in [2.75, 3.05) is 13.2 Å². The van der Waals surface area contributed by atoms with Crippen molar-refractivity contribution < 1.29 is 14.6 Å². The Morgan fingerprint density at radius 1 is 1.30 bits per heavy atom. The first kappa shape index (κ1) is 20.4. The van der Waals surface area contributed by atoms with Crippen LogP contribution in [-0.4, -0.2) is 30.7 Å². The summed E-state index contributed by atoms with van der Waals surface area (Å²) in [6.07, 6.45) is 10.6. The Balaban J connectivity index is 2.06. The van der Waals surface area contributed by atoms with E-state index in [1.165, 1.54) is 24.8 Å². The van der Waals surface area contributed by atoms with E-state index in [0.29, 0.717) is 5.92 Å². The normalized spacial score (nSPS) is 21.9. The van der Waals surface area contributed by atoms with Crippen LogP contribution in [-0.2, 0) is 9.47 Å². The van der Waals surface area contributed by atoms with E-state index in [0.717, 1.165) is 50.9 Å². The fraction of sp³-hybridized carbons (Fsp3) is 0.800. The molecule has 23 heavy (non-hydrogen) atoms. The minimum Gasteiger partial charge on any atom is -0.389 e. The second-order valence-electron chi connectivity index (χ2n) is 7.09. The summed E-state index contributed by atoms with van der Waals surface area (Å²) in [5.74, 6) is 0.670. The van der Waals surface area contributed by atoms with E-state index >= 15 is 0 Å². The van der Waals surface area contributed by atoms with Gasteiger partial charge in [0.15, 0.2) is 6.29 Å². The predicted molar refractivity (Wildman–Crippen MR) is 96.4 cm³/mol. The predicted octanol–water partition coefficient (Wildman–Crippen LogP) is 5.00. The van der Waals surface area contributed by atoms with E-state index in [-0.39, 0.29) is 12.4 Å². The molecular formula is C20H36O3. The van der Waals surface area contributed by atoms with Crippen molar-refractivity contribution in [3.63, 3.8) is 0 Å². The molecule has 0 aromatic rings. The van der Waals surface area contributed by atoms with Crippen molar-refractivity contribution >= 4 is 0 Å². The molecule has 3 nitrogen and oxygen atoms in total. The van der Waals surface area contributed by atoms with Gasteiger partial charge in [0.25, 0.3) is 0 Å². The van der Waals surface area contributed by atoms with Gasteiger partial charge in [0, 0.05) is 13.2 Å². The first-order valence-electron chi connectivity index (χ1n) is 9.21. The smallest absolute Gasteiger partial charge is 0.157 e. The van der Waals surface area contributed by atoms with Crippen molar-refractivity contribution in [2.45, 2.75) is 84.5 Å². The van der Waals surface area contributed by atoms with Crippen LogP contribution in [0, 0.1) is 5.92 Å². The number of aliphatic hydroxyl groups is 1. The summed E-state index contributed by atoms with van der Waals surface area (Å²) < 4.78 is 11.4. The molecule has 0 radical (unpaired) electrons. The van der Waals surface area contributed by atoms with Crippen molar-refractivity contribution in [3.8, 4) is 0 Å². The van der Waals surface area contributed by atoms with E-state index in [9.17, 15) is 5.11 Å². The molecule has 1 N–H and O–H groups in total. The third kappa shape index (κ3) is 9.95. The van der Waals surface area contributed by atoms with Gasteiger partial charge in [-0.05, 0) is 71.1 Å². The molecule has 134 valence electrons. The Hall–Kier alpha value is -0.640. The maximum absolute atomic E-state index is 9.74. The fourth-order valence-corrected chi connectivity index (χ4v) is 2.71. The van der Waals surface area contributed by atoms with Crippen molar-refractivity contribution in [3.05, 3.63) is 23.8 Å². The third-order valence-electron chi connectivity index (χ3n) is 4.59. The summed E-state index contributed by atoms with van der Waals surface area (Å²) >= 11 is 0. The summed E-state index contributed by atoms with van der Waals surface area (Å²) in [6, 6.07) is 0. The zero-order chi connectivity index (χ0) is 17.1. The van der Waals surface area contributed by atoms with Gasteiger partial charge in [-0.25, -0.2) is 0 Å². The van der Waals surface area contributed by atoms with E-state index in [4.69, 9.17) is 9.47 Å². The average molecular weight is 325 g/mol. The first-order valence-corrected chi connectivity index (χ1v) is 9.21. The number of allylic oxidation sites excluding steroid dienone is 2. The highest BCUT2D eigenvalue weighted by atomic mass is 16.7. The lowest BCUT2D eigenvalue weighted by Crippen LogP contribution is -2.23. The zero-order valence-corrected chi connectivity index (χ0v) is 15.4. The summed E-state index contributed by atoms with van der Waals surface area (Å²) in [5.41, 5.74) is 2.22. The minimum atomic E-state index is -0.364. The van der Waals surface area contributed by atoms with Crippen LogP contribution in [0.15, 0.2) is 23.8 Å². The SMILES string of the molecule is C=C(C)C(O)CCC(C)=CCCC(C)CCOC1CCCCO1. The lowest BCUT2D eigenvalue weighted by molar-refractivity contribution is -0.163. The van der Waals surface area contributed by atoms with Gasteiger partial charge in [-0.1, -0.05) is 30.7 Å². The molecular weight excluding hydrogens is 288 g/mol. The van der Waals surface area contributed by atoms with Gasteiger partial charge in [-0.2, -0.15) is 0 Å². The van der Waals surface area contributed by atoms with Crippen LogP contribution < -0.4 is 0 Å². The van der Waals surface area contributed by atoms with Crippen LogP contribution in [0.2, 0.25) is 0 Å².